The van der Waals surface area contributed by atoms with E-state index in [1.165, 1.54) is 0 Å². The standard InChI is InChI=1S/C28H15N5/c29-15-18-9-6-10-19(16-30)24(18)28-32-26-21-12-5-4-11-20(21)25-22(27(26)33-28)13-14-23(31-25)17-7-2-1-3-8-17/h1-14H,(H,32,33). The van der Waals surface area contributed by atoms with Gasteiger partial charge in [-0.2, -0.15) is 10.5 Å². The van der Waals surface area contributed by atoms with E-state index in [2.05, 4.69) is 29.3 Å². The number of benzene rings is 4. The van der Waals surface area contributed by atoms with Crippen LogP contribution in [0.4, 0.5) is 0 Å². The minimum absolute atomic E-state index is 0.409. The van der Waals surface area contributed by atoms with Crippen LogP contribution in [0.3, 0.4) is 0 Å². The number of aromatic nitrogens is 3. The molecule has 0 aliphatic heterocycles. The minimum atomic E-state index is 0.409. The van der Waals surface area contributed by atoms with Gasteiger partial charge in [-0.15, -0.1) is 0 Å². The molecule has 5 nitrogen and oxygen atoms in total. The summed E-state index contributed by atoms with van der Waals surface area (Å²) in [5.74, 6) is 0.503. The fourth-order valence-corrected chi connectivity index (χ4v) is 4.41. The van der Waals surface area contributed by atoms with Crippen LogP contribution in [0.1, 0.15) is 11.1 Å². The quantitative estimate of drug-likeness (QED) is 0.330. The van der Waals surface area contributed by atoms with Gasteiger partial charge < -0.3 is 4.98 Å². The highest BCUT2D eigenvalue weighted by Crippen LogP contribution is 2.36. The Kier molecular flexibility index (Phi) is 4.15. The van der Waals surface area contributed by atoms with Crippen molar-refractivity contribution in [2.75, 3.05) is 0 Å². The summed E-state index contributed by atoms with van der Waals surface area (Å²) in [5, 5.41) is 22.2. The Morgan fingerprint density at radius 2 is 1.27 bits per heavy atom. The normalized spacial score (nSPS) is 11.0. The van der Waals surface area contributed by atoms with Crippen LogP contribution in [-0.2, 0) is 0 Å². The molecule has 6 rings (SSSR count). The molecule has 0 bridgehead atoms. The number of pyridine rings is 1. The molecule has 0 unspecified atom stereocenters. The lowest BCUT2D eigenvalue weighted by molar-refractivity contribution is 1.31. The number of rotatable bonds is 2. The van der Waals surface area contributed by atoms with E-state index in [-0.39, 0.29) is 0 Å². The van der Waals surface area contributed by atoms with Gasteiger partial charge in [0.05, 0.1) is 51.1 Å². The van der Waals surface area contributed by atoms with Crippen LogP contribution in [0.15, 0.2) is 84.9 Å². The Hall–Kier alpha value is -5.00. The summed E-state index contributed by atoms with van der Waals surface area (Å²) >= 11 is 0. The highest BCUT2D eigenvalue weighted by molar-refractivity contribution is 6.22. The van der Waals surface area contributed by atoms with Crippen LogP contribution < -0.4 is 0 Å². The van der Waals surface area contributed by atoms with Gasteiger partial charge in [-0.3, -0.25) is 0 Å². The second-order valence-corrected chi connectivity index (χ2v) is 7.77. The monoisotopic (exact) mass is 421 g/mol. The fourth-order valence-electron chi connectivity index (χ4n) is 4.41. The maximum Gasteiger partial charge on any atom is 0.141 e. The molecule has 2 heterocycles. The number of aromatic amines is 1. The highest BCUT2D eigenvalue weighted by Gasteiger charge is 2.19. The summed E-state index contributed by atoms with van der Waals surface area (Å²) in [5.41, 5.74) is 5.79. The predicted octanol–water partition coefficient (Wildman–Crippen LogP) is 6.34. The summed E-state index contributed by atoms with van der Waals surface area (Å²) in [7, 11) is 0. The summed E-state index contributed by atoms with van der Waals surface area (Å²) in [6, 6.07) is 31.7. The molecule has 0 amide bonds. The molecule has 2 aromatic heterocycles. The van der Waals surface area contributed by atoms with Crippen molar-refractivity contribution in [2.24, 2.45) is 0 Å². The molecule has 0 atom stereocenters. The number of fused-ring (bicyclic) bond motifs is 6. The molecule has 0 radical (unpaired) electrons. The van der Waals surface area contributed by atoms with Crippen LogP contribution in [0.5, 0.6) is 0 Å². The van der Waals surface area contributed by atoms with Gasteiger partial charge in [0, 0.05) is 21.7 Å². The Labute approximate surface area is 189 Å². The summed E-state index contributed by atoms with van der Waals surface area (Å²) < 4.78 is 0. The highest BCUT2D eigenvalue weighted by atomic mass is 14.9. The molecular weight excluding hydrogens is 406 g/mol. The first-order valence-corrected chi connectivity index (χ1v) is 10.5. The third-order valence-corrected chi connectivity index (χ3v) is 5.92. The van der Waals surface area contributed by atoms with E-state index in [0.29, 0.717) is 22.5 Å². The smallest absolute Gasteiger partial charge is 0.141 e. The zero-order valence-electron chi connectivity index (χ0n) is 17.4. The Bertz CT molecular complexity index is 1750. The topological polar surface area (TPSA) is 89.2 Å². The summed E-state index contributed by atoms with van der Waals surface area (Å²) in [4.78, 5) is 13.3. The second kappa shape index (κ2) is 7.30. The van der Waals surface area contributed by atoms with Crippen LogP contribution in [0.2, 0.25) is 0 Å². The molecule has 0 saturated carbocycles. The summed E-state index contributed by atoms with van der Waals surface area (Å²) in [6.07, 6.45) is 0. The zero-order valence-corrected chi connectivity index (χ0v) is 17.4. The number of nitriles is 2. The van der Waals surface area contributed by atoms with E-state index >= 15 is 0 Å². The van der Waals surface area contributed by atoms with Crippen molar-refractivity contribution in [1.82, 2.24) is 15.0 Å². The molecule has 152 valence electrons. The second-order valence-electron chi connectivity index (χ2n) is 7.77. The molecule has 1 N–H and O–H groups in total. The largest absolute Gasteiger partial charge is 0.337 e. The third-order valence-electron chi connectivity index (χ3n) is 5.92. The van der Waals surface area contributed by atoms with Crippen molar-refractivity contribution in [1.29, 1.82) is 10.5 Å². The first kappa shape index (κ1) is 18.7. The number of nitrogens with one attached hydrogen (secondary N) is 1. The summed E-state index contributed by atoms with van der Waals surface area (Å²) in [6.45, 7) is 0. The molecule has 33 heavy (non-hydrogen) atoms. The molecule has 0 saturated heterocycles. The Morgan fingerprint density at radius 3 is 1.97 bits per heavy atom. The van der Waals surface area contributed by atoms with Crippen LogP contribution in [0.25, 0.3) is 55.4 Å². The maximum atomic E-state index is 9.65. The van der Waals surface area contributed by atoms with Crippen LogP contribution in [-0.4, -0.2) is 15.0 Å². The van der Waals surface area contributed by atoms with Gasteiger partial charge in [0.25, 0.3) is 0 Å². The van der Waals surface area contributed by atoms with Gasteiger partial charge in [-0.05, 0) is 24.3 Å². The van der Waals surface area contributed by atoms with Crippen molar-refractivity contribution in [3.05, 3.63) is 96.1 Å². The van der Waals surface area contributed by atoms with Crippen molar-refractivity contribution in [3.63, 3.8) is 0 Å². The number of nitrogens with zero attached hydrogens (tertiary/aromatic N) is 4. The Balaban J connectivity index is 1.72. The van der Waals surface area contributed by atoms with Gasteiger partial charge in [0.2, 0.25) is 0 Å². The van der Waals surface area contributed by atoms with E-state index in [1.54, 1.807) is 18.2 Å². The van der Waals surface area contributed by atoms with E-state index in [4.69, 9.17) is 9.97 Å². The van der Waals surface area contributed by atoms with Gasteiger partial charge in [-0.25, -0.2) is 9.97 Å². The lowest BCUT2D eigenvalue weighted by Gasteiger charge is -2.08. The number of hydrogen-bond acceptors (Lipinski definition) is 4. The van der Waals surface area contributed by atoms with Crippen molar-refractivity contribution >= 4 is 32.7 Å². The van der Waals surface area contributed by atoms with E-state index in [9.17, 15) is 10.5 Å². The van der Waals surface area contributed by atoms with Crippen LogP contribution >= 0.6 is 0 Å². The number of hydrogen-bond donors (Lipinski definition) is 1. The van der Waals surface area contributed by atoms with Gasteiger partial charge in [0.15, 0.2) is 0 Å². The van der Waals surface area contributed by atoms with Crippen molar-refractivity contribution < 1.29 is 0 Å². The lowest BCUT2D eigenvalue weighted by atomic mass is 10.0. The predicted molar refractivity (Wildman–Crippen MR) is 129 cm³/mol. The average Bonchev–Trinajstić information content (AvgIpc) is 3.34. The van der Waals surface area contributed by atoms with Gasteiger partial charge in [0.1, 0.15) is 5.82 Å². The zero-order chi connectivity index (χ0) is 22.4. The first-order valence-electron chi connectivity index (χ1n) is 10.5. The molecule has 4 aromatic carbocycles. The van der Waals surface area contributed by atoms with E-state index in [0.717, 1.165) is 44.0 Å². The van der Waals surface area contributed by atoms with E-state index in [1.807, 2.05) is 54.6 Å². The van der Waals surface area contributed by atoms with Crippen molar-refractivity contribution in [3.8, 4) is 34.8 Å². The average molecular weight is 421 g/mol. The molecule has 6 aromatic rings. The van der Waals surface area contributed by atoms with Gasteiger partial charge in [-0.1, -0.05) is 60.7 Å². The van der Waals surface area contributed by atoms with Crippen molar-refractivity contribution in [2.45, 2.75) is 0 Å². The Morgan fingerprint density at radius 1 is 0.606 bits per heavy atom. The number of imidazole rings is 1. The molecular formula is C28H15N5. The minimum Gasteiger partial charge on any atom is -0.337 e. The molecule has 0 spiro atoms. The SMILES string of the molecule is N#Cc1cccc(C#N)c1-c1nc2c3ccccc3c3nc(-c4ccccc4)ccc3c2[nH]1. The molecule has 0 aliphatic carbocycles. The maximum absolute atomic E-state index is 9.65. The molecule has 0 fully saturated rings. The van der Waals surface area contributed by atoms with Gasteiger partial charge >= 0.3 is 0 Å². The van der Waals surface area contributed by atoms with Crippen LogP contribution in [0, 0.1) is 22.7 Å². The molecule has 5 heteroatoms. The lowest BCUT2D eigenvalue weighted by Crippen LogP contribution is -1.91. The first-order chi connectivity index (χ1) is 16.3. The number of H-pyrrole nitrogens is 1. The third kappa shape index (κ3) is 2.85. The molecule has 0 aliphatic rings. The van der Waals surface area contributed by atoms with E-state index < -0.39 is 0 Å². The fraction of sp³-hybridized carbons (Fsp3) is 0.